The number of phenols is 1. The van der Waals surface area contributed by atoms with Gasteiger partial charge < -0.3 is 24.3 Å². The Kier molecular flexibility index (Phi) is 4.81. The quantitative estimate of drug-likeness (QED) is 0.415. The largest absolute Gasteiger partial charge is 0.507 e. The van der Waals surface area contributed by atoms with Crippen molar-refractivity contribution >= 4 is 34.7 Å². The van der Waals surface area contributed by atoms with Gasteiger partial charge in [-0.2, -0.15) is 0 Å². The lowest BCUT2D eigenvalue weighted by molar-refractivity contribution is 0.0657. The Bertz CT molecular complexity index is 1300. The summed E-state index contributed by atoms with van der Waals surface area (Å²) in [6.45, 7) is 0.337. The van der Waals surface area contributed by atoms with Crippen LogP contribution in [0.1, 0.15) is 32.2 Å². The van der Waals surface area contributed by atoms with E-state index in [2.05, 4.69) is 4.99 Å². The Hall–Kier alpha value is -4.33. The van der Waals surface area contributed by atoms with Crippen molar-refractivity contribution in [1.82, 2.24) is 4.57 Å². The molecular weight excluding hydrogens is 388 g/mol. The summed E-state index contributed by atoms with van der Waals surface area (Å²) in [6, 6.07) is 14.8. The second-order valence-electron chi connectivity index (χ2n) is 6.57. The predicted octanol–water partition coefficient (Wildman–Crippen LogP) is 4.14. The minimum Gasteiger partial charge on any atom is -0.507 e. The normalized spacial score (nSPS) is 11.3. The van der Waals surface area contributed by atoms with E-state index in [4.69, 9.17) is 14.6 Å². The van der Waals surface area contributed by atoms with Crippen LogP contribution in [0.15, 0.2) is 70.2 Å². The highest BCUT2D eigenvalue weighted by molar-refractivity contribution is 6.00. The van der Waals surface area contributed by atoms with Crippen molar-refractivity contribution in [3.8, 4) is 5.75 Å². The van der Waals surface area contributed by atoms with E-state index in [-0.39, 0.29) is 17.1 Å². The number of carboxylic acid groups (broad SMARTS) is 2. The summed E-state index contributed by atoms with van der Waals surface area (Å²) in [7, 11) is 0. The fraction of sp³-hybridized carbons (Fsp3) is 0.0455. The second kappa shape index (κ2) is 7.59. The molecule has 0 saturated heterocycles. The van der Waals surface area contributed by atoms with E-state index in [1.54, 1.807) is 12.3 Å². The highest BCUT2D eigenvalue weighted by atomic mass is 16.4. The number of carbonyl (C=O) groups is 2. The maximum absolute atomic E-state index is 11.2. The number of rotatable bonds is 6. The minimum absolute atomic E-state index is 0.121. The van der Waals surface area contributed by atoms with E-state index in [1.807, 2.05) is 35.0 Å². The zero-order chi connectivity index (χ0) is 21.3. The van der Waals surface area contributed by atoms with Crippen LogP contribution in [0, 0.1) is 0 Å². The first-order chi connectivity index (χ1) is 14.4. The number of benzene rings is 2. The van der Waals surface area contributed by atoms with Gasteiger partial charge in [0.05, 0.1) is 12.2 Å². The van der Waals surface area contributed by atoms with E-state index >= 15 is 0 Å². The lowest BCUT2D eigenvalue weighted by Crippen LogP contribution is -1.97. The molecule has 0 amide bonds. The first-order valence-corrected chi connectivity index (χ1v) is 8.92. The number of hydrogen-bond acceptors (Lipinski definition) is 5. The molecule has 0 atom stereocenters. The molecule has 2 aromatic heterocycles. The van der Waals surface area contributed by atoms with Crippen LogP contribution in [0.3, 0.4) is 0 Å². The molecule has 3 N–H and O–H groups in total. The van der Waals surface area contributed by atoms with Gasteiger partial charge >= 0.3 is 11.9 Å². The third-order valence-corrected chi connectivity index (χ3v) is 4.58. The van der Waals surface area contributed by atoms with Crippen LogP contribution >= 0.6 is 0 Å². The van der Waals surface area contributed by atoms with Gasteiger partial charge in [0.25, 0.3) is 0 Å². The van der Waals surface area contributed by atoms with Crippen molar-refractivity contribution in [3.63, 3.8) is 0 Å². The van der Waals surface area contributed by atoms with Gasteiger partial charge in [-0.15, -0.1) is 0 Å². The third kappa shape index (κ3) is 3.66. The number of nitrogens with zero attached hydrogens (tertiary/aromatic N) is 2. The maximum atomic E-state index is 11.2. The van der Waals surface area contributed by atoms with Gasteiger partial charge in [0.1, 0.15) is 17.1 Å². The first-order valence-electron chi connectivity index (χ1n) is 8.92. The molecule has 0 unspecified atom stereocenters. The number of aliphatic imine (C=N–C) groups is 1. The summed E-state index contributed by atoms with van der Waals surface area (Å²) in [4.78, 5) is 26.5. The summed E-state index contributed by atoms with van der Waals surface area (Å²) >= 11 is 0. The van der Waals surface area contributed by atoms with E-state index < -0.39 is 11.9 Å². The highest BCUT2D eigenvalue weighted by Gasteiger charge is 2.13. The summed E-state index contributed by atoms with van der Waals surface area (Å²) in [5.74, 6) is -2.30. The summed E-state index contributed by atoms with van der Waals surface area (Å²) in [5, 5.41) is 28.7. The molecule has 2 heterocycles. The summed E-state index contributed by atoms with van der Waals surface area (Å²) < 4.78 is 7.27. The Morgan fingerprint density at radius 2 is 1.83 bits per heavy atom. The summed E-state index contributed by atoms with van der Waals surface area (Å²) in [5.41, 5.74) is 1.86. The number of aromatic hydroxyl groups is 1. The molecule has 4 rings (SSSR count). The predicted molar refractivity (Wildman–Crippen MR) is 109 cm³/mol. The fourth-order valence-electron chi connectivity index (χ4n) is 3.17. The molecule has 8 heteroatoms. The number of hydrogen-bond donors (Lipinski definition) is 3. The molecule has 150 valence electrons. The lowest BCUT2D eigenvalue weighted by atomic mass is 10.1. The van der Waals surface area contributed by atoms with Crippen molar-refractivity contribution in [2.45, 2.75) is 6.54 Å². The summed E-state index contributed by atoms with van der Waals surface area (Å²) in [6.07, 6.45) is 3.47. The molecule has 8 nitrogen and oxygen atoms in total. The monoisotopic (exact) mass is 404 g/mol. The molecule has 0 aliphatic rings. The molecule has 0 spiro atoms. The molecule has 2 aromatic carbocycles. The molecule has 0 aliphatic carbocycles. The van der Waals surface area contributed by atoms with E-state index in [0.717, 1.165) is 16.5 Å². The fourth-order valence-corrected chi connectivity index (χ4v) is 3.17. The number of carboxylic acids is 2. The molecule has 30 heavy (non-hydrogen) atoms. The van der Waals surface area contributed by atoms with Crippen LogP contribution in [0.2, 0.25) is 0 Å². The Morgan fingerprint density at radius 1 is 1.03 bits per heavy atom. The van der Waals surface area contributed by atoms with Crippen LogP contribution in [-0.4, -0.2) is 38.0 Å². The van der Waals surface area contributed by atoms with Crippen LogP contribution in [0.4, 0.5) is 5.69 Å². The van der Waals surface area contributed by atoms with Crippen LogP contribution in [-0.2, 0) is 6.54 Å². The SMILES string of the molecule is O=C(O)c1ccc(Cn2cc(C=Nc3ccc(O)c(C(=O)O)c3)c3ccccc32)o1. The van der Waals surface area contributed by atoms with Crippen molar-refractivity contribution in [1.29, 1.82) is 0 Å². The van der Waals surface area contributed by atoms with Crippen molar-refractivity contribution in [2.24, 2.45) is 4.99 Å². The second-order valence-corrected chi connectivity index (χ2v) is 6.57. The van der Waals surface area contributed by atoms with Gasteiger partial charge in [-0.05, 0) is 36.4 Å². The van der Waals surface area contributed by atoms with Gasteiger partial charge in [0.2, 0.25) is 5.76 Å². The van der Waals surface area contributed by atoms with Crippen molar-refractivity contribution in [2.75, 3.05) is 0 Å². The van der Waals surface area contributed by atoms with Crippen molar-refractivity contribution < 1.29 is 29.3 Å². The van der Waals surface area contributed by atoms with Crippen LogP contribution in [0.25, 0.3) is 10.9 Å². The van der Waals surface area contributed by atoms with Gasteiger partial charge in [0, 0.05) is 28.9 Å². The topological polar surface area (TPSA) is 125 Å². The van der Waals surface area contributed by atoms with Gasteiger partial charge in [-0.3, -0.25) is 4.99 Å². The minimum atomic E-state index is -1.24. The van der Waals surface area contributed by atoms with Gasteiger partial charge in [-0.1, -0.05) is 18.2 Å². The van der Waals surface area contributed by atoms with Gasteiger partial charge in [-0.25, -0.2) is 9.59 Å². The number of aromatic nitrogens is 1. The molecule has 4 aromatic rings. The van der Waals surface area contributed by atoms with Crippen LogP contribution < -0.4 is 0 Å². The Balaban J connectivity index is 1.68. The third-order valence-electron chi connectivity index (χ3n) is 4.58. The molecule has 0 fully saturated rings. The standard InChI is InChI=1S/C22H16N2O6/c25-19-7-5-14(9-17(19)21(26)27)23-10-13-11-24(18-4-2-1-3-16(13)18)12-15-6-8-20(30-15)22(28)29/h1-11,25H,12H2,(H,26,27)(H,28,29). The Labute approximate surface area is 170 Å². The number of fused-ring (bicyclic) bond motifs is 1. The molecule has 0 saturated carbocycles. The number of aromatic carboxylic acids is 2. The smallest absolute Gasteiger partial charge is 0.371 e. The highest BCUT2D eigenvalue weighted by Crippen LogP contribution is 2.25. The first kappa shape index (κ1) is 19.0. The lowest BCUT2D eigenvalue weighted by Gasteiger charge is -2.02. The van der Waals surface area contributed by atoms with E-state index in [1.165, 1.54) is 24.3 Å². The molecule has 0 aliphatic heterocycles. The van der Waals surface area contributed by atoms with E-state index in [9.17, 15) is 14.7 Å². The van der Waals surface area contributed by atoms with Crippen LogP contribution in [0.5, 0.6) is 5.75 Å². The molecule has 0 bridgehead atoms. The van der Waals surface area contributed by atoms with E-state index in [0.29, 0.717) is 18.0 Å². The number of furan rings is 1. The Morgan fingerprint density at radius 3 is 2.57 bits per heavy atom. The maximum Gasteiger partial charge on any atom is 0.371 e. The zero-order valence-corrected chi connectivity index (χ0v) is 15.5. The average Bonchev–Trinajstić information content (AvgIpc) is 3.33. The molecular formula is C22H16N2O6. The van der Waals surface area contributed by atoms with Gasteiger partial charge in [0.15, 0.2) is 0 Å². The average molecular weight is 404 g/mol. The molecule has 0 radical (unpaired) electrons. The zero-order valence-electron chi connectivity index (χ0n) is 15.5. The number of para-hydroxylation sites is 1. The van der Waals surface area contributed by atoms with Crippen molar-refractivity contribution in [3.05, 3.63) is 83.4 Å².